The summed E-state index contributed by atoms with van der Waals surface area (Å²) in [5.41, 5.74) is 0. The van der Waals surface area contributed by atoms with Crippen molar-refractivity contribution in [3.8, 4) is 6.07 Å². The SMILES string of the molecule is CC(Cl)C(=O)N1CCC(CC#N)C(F)(F)CC1. The molecule has 0 N–H and O–H groups in total. The van der Waals surface area contributed by atoms with Gasteiger partial charge in [0.05, 0.1) is 6.07 Å². The summed E-state index contributed by atoms with van der Waals surface area (Å²) in [6.45, 7) is 1.78. The highest BCUT2D eigenvalue weighted by Crippen LogP contribution is 2.35. The molecule has 17 heavy (non-hydrogen) atoms. The molecule has 1 fully saturated rings. The Labute approximate surface area is 104 Å². The van der Waals surface area contributed by atoms with E-state index in [9.17, 15) is 13.6 Å². The maximum absolute atomic E-state index is 13.6. The Morgan fingerprint density at radius 1 is 1.65 bits per heavy atom. The van der Waals surface area contributed by atoms with Gasteiger partial charge in [0.2, 0.25) is 5.91 Å². The molecular weight excluding hydrogens is 250 g/mol. The lowest BCUT2D eigenvalue weighted by molar-refractivity contribution is -0.130. The van der Waals surface area contributed by atoms with E-state index in [2.05, 4.69) is 0 Å². The number of hydrogen-bond donors (Lipinski definition) is 0. The van der Waals surface area contributed by atoms with Gasteiger partial charge >= 0.3 is 0 Å². The molecule has 1 rings (SSSR count). The van der Waals surface area contributed by atoms with E-state index >= 15 is 0 Å². The summed E-state index contributed by atoms with van der Waals surface area (Å²) in [5, 5.41) is 7.82. The first kappa shape index (κ1) is 14.2. The highest BCUT2D eigenvalue weighted by molar-refractivity contribution is 6.30. The minimum atomic E-state index is -2.87. The Hall–Kier alpha value is -0.890. The second kappa shape index (κ2) is 5.63. The van der Waals surface area contributed by atoms with Crippen LogP contribution in [0.4, 0.5) is 8.78 Å². The summed E-state index contributed by atoms with van der Waals surface area (Å²) in [4.78, 5) is 13.0. The summed E-state index contributed by atoms with van der Waals surface area (Å²) in [6, 6.07) is 1.78. The second-order valence-electron chi connectivity index (χ2n) is 4.30. The molecule has 0 radical (unpaired) electrons. The molecule has 2 atom stereocenters. The number of rotatable bonds is 2. The Morgan fingerprint density at radius 3 is 2.82 bits per heavy atom. The number of nitrogens with zero attached hydrogens (tertiary/aromatic N) is 2. The number of carbonyl (C=O) groups is 1. The van der Waals surface area contributed by atoms with Crippen LogP contribution >= 0.6 is 11.6 Å². The van der Waals surface area contributed by atoms with Crippen molar-refractivity contribution in [2.45, 2.75) is 37.5 Å². The first-order chi connectivity index (χ1) is 7.88. The largest absolute Gasteiger partial charge is 0.341 e. The molecule has 6 heteroatoms. The van der Waals surface area contributed by atoms with E-state index in [0.717, 1.165) is 0 Å². The predicted molar refractivity (Wildman–Crippen MR) is 59.8 cm³/mol. The minimum absolute atomic E-state index is 0.00478. The van der Waals surface area contributed by atoms with Crippen LogP contribution in [0, 0.1) is 17.2 Å². The van der Waals surface area contributed by atoms with Gasteiger partial charge in [-0.25, -0.2) is 8.78 Å². The molecule has 0 aromatic carbocycles. The zero-order valence-electron chi connectivity index (χ0n) is 9.63. The van der Waals surface area contributed by atoms with Gasteiger partial charge in [-0.05, 0) is 13.3 Å². The van der Waals surface area contributed by atoms with Crippen LogP contribution in [0.2, 0.25) is 0 Å². The van der Waals surface area contributed by atoms with Crippen LogP contribution in [-0.2, 0) is 4.79 Å². The predicted octanol–water partition coefficient (Wildman–Crippen LogP) is 2.40. The fourth-order valence-corrected chi connectivity index (χ4v) is 2.09. The molecule has 1 aliphatic heterocycles. The van der Waals surface area contributed by atoms with Crippen LogP contribution in [0.5, 0.6) is 0 Å². The van der Waals surface area contributed by atoms with Crippen LogP contribution in [0.15, 0.2) is 0 Å². The van der Waals surface area contributed by atoms with E-state index in [4.69, 9.17) is 16.9 Å². The zero-order chi connectivity index (χ0) is 13.1. The third-order valence-electron chi connectivity index (χ3n) is 3.05. The molecule has 96 valence electrons. The zero-order valence-corrected chi connectivity index (χ0v) is 10.4. The lowest BCUT2D eigenvalue weighted by Crippen LogP contribution is -2.36. The summed E-state index contributed by atoms with van der Waals surface area (Å²) in [5.74, 6) is -4.16. The molecule has 0 aromatic heterocycles. The van der Waals surface area contributed by atoms with Crippen molar-refractivity contribution >= 4 is 17.5 Å². The van der Waals surface area contributed by atoms with Gasteiger partial charge in [0, 0.05) is 31.8 Å². The van der Waals surface area contributed by atoms with Crippen molar-refractivity contribution in [2.24, 2.45) is 5.92 Å². The third kappa shape index (κ3) is 3.53. The van der Waals surface area contributed by atoms with E-state index in [-0.39, 0.29) is 31.8 Å². The number of hydrogen-bond acceptors (Lipinski definition) is 2. The van der Waals surface area contributed by atoms with Gasteiger partial charge in [-0.15, -0.1) is 11.6 Å². The van der Waals surface area contributed by atoms with E-state index in [0.29, 0.717) is 0 Å². The molecule has 1 amide bonds. The molecule has 0 saturated carbocycles. The smallest absolute Gasteiger partial charge is 0.253 e. The molecule has 1 saturated heterocycles. The highest BCUT2D eigenvalue weighted by Gasteiger charge is 2.42. The summed E-state index contributed by atoms with van der Waals surface area (Å²) >= 11 is 5.65. The van der Waals surface area contributed by atoms with Gasteiger partial charge in [0.1, 0.15) is 5.38 Å². The molecule has 1 aliphatic rings. The van der Waals surface area contributed by atoms with Crippen molar-refractivity contribution in [3.05, 3.63) is 0 Å². The molecule has 3 nitrogen and oxygen atoms in total. The Morgan fingerprint density at radius 2 is 2.29 bits per heavy atom. The van der Waals surface area contributed by atoms with Gasteiger partial charge in [-0.3, -0.25) is 4.79 Å². The molecular formula is C11H15ClF2N2O. The van der Waals surface area contributed by atoms with Crippen LogP contribution in [0.1, 0.15) is 26.2 Å². The van der Waals surface area contributed by atoms with Crippen molar-refractivity contribution in [3.63, 3.8) is 0 Å². The first-order valence-corrected chi connectivity index (χ1v) is 5.99. The standard InChI is InChI=1S/C11H15ClF2N2O/c1-8(12)10(17)16-6-3-9(2-5-15)11(13,14)4-7-16/h8-9H,2-4,6-7H2,1H3. The van der Waals surface area contributed by atoms with Crippen LogP contribution in [0.3, 0.4) is 0 Å². The number of likely N-dealkylation sites (tertiary alicyclic amines) is 1. The van der Waals surface area contributed by atoms with E-state index in [1.54, 1.807) is 6.07 Å². The average Bonchev–Trinajstić information content (AvgIpc) is 2.39. The Balaban J connectivity index is 2.71. The number of carbonyl (C=O) groups excluding carboxylic acids is 1. The molecule has 1 heterocycles. The van der Waals surface area contributed by atoms with Crippen molar-refractivity contribution in [1.82, 2.24) is 4.90 Å². The molecule has 2 unspecified atom stereocenters. The van der Waals surface area contributed by atoms with E-state index in [1.807, 2.05) is 0 Å². The topological polar surface area (TPSA) is 44.1 Å². The van der Waals surface area contributed by atoms with Gasteiger partial charge in [-0.1, -0.05) is 0 Å². The third-order valence-corrected chi connectivity index (χ3v) is 3.24. The number of nitriles is 1. The van der Waals surface area contributed by atoms with Gasteiger partial charge in [-0.2, -0.15) is 5.26 Å². The van der Waals surface area contributed by atoms with Gasteiger partial charge < -0.3 is 4.90 Å². The molecule has 0 aromatic rings. The summed E-state index contributed by atoms with van der Waals surface area (Å²) in [7, 11) is 0. The maximum atomic E-state index is 13.6. The minimum Gasteiger partial charge on any atom is -0.341 e. The van der Waals surface area contributed by atoms with Crippen LogP contribution in [-0.4, -0.2) is 35.2 Å². The van der Waals surface area contributed by atoms with Gasteiger partial charge in [0.15, 0.2) is 0 Å². The molecule has 0 bridgehead atoms. The van der Waals surface area contributed by atoms with E-state index < -0.39 is 23.6 Å². The quantitative estimate of drug-likeness (QED) is 0.719. The number of halogens is 3. The first-order valence-electron chi connectivity index (χ1n) is 5.56. The average molecular weight is 265 g/mol. The second-order valence-corrected chi connectivity index (χ2v) is 4.95. The monoisotopic (exact) mass is 264 g/mol. The van der Waals surface area contributed by atoms with Crippen molar-refractivity contribution in [1.29, 1.82) is 5.26 Å². The maximum Gasteiger partial charge on any atom is 0.253 e. The molecule has 0 spiro atoms. The van der Waals surface area contributed by atoms with Crippen LogP contribution < -0.4 is 0 Å². The highest BCUT2D eigenvalue weighted by atomic mass is 35.5. The van der Waals surface area contributed by atoms with Crippen LogP contribution in [0.25, 0.3) is 0 Å². The van der Waals surface area contributed by atoms with E-state index in [1.165, 1.54) is 11.8 Å². The summed E-state index contributed by atoms with van der Waals surface area (Å²) < 4.78 is 27.3. The fourth-order valence-electron chi connectivity index (χ4n) is 1.96. The number of amides is 1. The lowest BCUT2D eigenvalue weighted by Gasteiger charge is -2.21. The Kier molecular flexibility index (Phi) is 4.70. The summed E-state index contributed by atoms with van der Waals surface area (Å²) in [6.07, 6.45) is -0.421. The van der Waals surface area contributed by atoms with Crippen molar-refractivity contribution in [2.75, 3.05) is 13.1 Å². The van der Waals surface area contributed by atoms with Crippen molar-refractivity contribution < 1.29 is 13.6 Å². The number of alkyl halides is 3. The Bertz CT molecular complexity index is 328. The van der Waals surface area contributed by atoms with Gasteiger partial charge in [0.25, 0.3) is 5.92 Å². The molecule has 0 aliphatic carbocycles. The fraction of sp³-hybridized carbons (Fsp3) is 0.818. The lowest BCUT2D eigenvalue weighted by atomic mass is 9.94. The normalized spacial score (nSPS) is 25.8.